The fraction of sp³-hybridized carbons (Fsp3) is 1.00. The molecule has 12 heavy (non-hydrogen) atoms. The zero-order chi connectivity index (χ0) is 9.24. The van der Waals surface area contributed by atoms with Crippen LogP contribution in [-0.4, -0.2) is 26.9 Å². The third kappa shape index (κ3) is 3.06. The first-order valence-electron chi connectivity index (χ1n) is 3.95. The molecular weight excluding hydrogens is 183 g/mol. The molecule has 0 amide bonds. The van der Waals surface area contributed by atoms with E-state index in [1.54, 1.807) is 0 Å². The van der Waals surface area contributed by atoms with E-state index in [0.29, 0.717) is 12.8 Å². The third-order valence-corrected chi connectivity index (χ3v) is 2.58. The second-order valence-electron chi connectivity index (χ2n) is 3.32. The van der Waals surface area contributed by atoms with Crippen molar-refractivity contribution >= 4 is 10.1 Å². The third-order valence-electron chi connectivity index (χ3n) is 2.03. The van der Waals surface area contributed by atoms with Gasteiger partial charge in [0.2, 0.25) is 0 Å². The predicted octanol–water partition coefficient (Wildman–Crippen LogP) is 1.24. The van der Waals surface area contributed by atoms with Crippen LogP contribution in [0.2, 0.25) is 0 Å². The standard InChI is InChI=1S/C7H13FO3S/c1-12(9,10)11-6-7(8)4-2-3-5-7/h2-6H2,1H3. The van der Waals surface area contributed by atoms with E-state index in [4.69, 9.17) is 0 Å². The van der Waals surface area contributed by atoms with Crippen LogP contribution in [0.15, 0.2) is 0 Å². The molecule has 0 spiro atoms. The molecule has 0 aliphatic heterocycles. The van der Waals surface area contributed by atoms with Gasteiger partial charge >= 0.3 is 0 Å². The zero-order valence-electron chi connectivity index (χ0n) is 7.05. The highest BCUT2D eigenvalue weighted by molar-refractivity contribution is 7.85. The van der Waals surface area contributed by atoms with Gasteiger partial charge in [0.15, 0.2) is 0 Å². The molecule has 0 radical (unpaired) electrons. The SMILES string of the molecule is CS(=O)(=O)OCC1(F)CCCC1. The van der Waals surface area contributed by atoms with Crippen molar-refractivity contribution in [3.05, 3.63) is 0 Å². The van der Waals surface area contributed by atoms with E-state index in [-0.39, 0.29) is 6.61 Å². The van der Waals surface area contributed by atoms with Gasteiger partial charge in [0, 0.05) is 0 Å². The Labute approximate surface area is 72.0 Å². The Kier molecular flexibility index (Phi) is 2.73. The summed E-state index contributed by atoms with van der Waals surface area (Å²) >= 11 is 0. The van der Waals surface area contributed by atoms with Crippen molar-refractivity contribution in [3.63, 3.8) is 0 Å². The summed E-state index contributed by atoms with van der Waals surface area (Å²) in [5, 5.41) is 0. The Morgan fingerprint density at radius 1 is 1.42 bits per heavy atom. The van der Waals surface area contributed by atoms with Gasteiger partial charge in [0.25, 0.3) is 10.1 Å². The van der Waals surface area contributed by atoms with Crippen LogP contribution in [0.5, 0.6) is 0 Å². The molecule has 1 rings (SSSR count). The Morgan fingerprint density at radius 2 is 1.92 bits per heavy atom. The second kappa shape index (κ2) is 3.30. The smallest absolute Gasteiger partial charge is 0.264 e. The average molecular weight is 196 g/mol. The summed E-state index contributed by atoms with van der Waals surface area (Å²) in [6.07, 6.45) is 3.42. The maximum Gasteiger partial charge on any atom is 0.264 e. The first kappa shape index (κ1) is 9.92. The monoisotopic (exact) mass is 196 g/mol. The van der Waals surface area contributed by atoms with Gasteiger partial charge in [0.05, 0.1) is 6.26 Å². The van der Waals surface area contributed by atoms with E-state index < -0.39 is 15.8 Å². The highest BCUT2D eigenvalue weighted by Crippen LogP contribution is 2.33. The van der Waals surface area contributed by atoms with Crippen LogP contribution >= 0.6 is 0 Å². The minimum absolute atomic E-state index is 0.314. The molecule has 1 fully saturated rings. The number of hydrogen-bond donors (Lipinski definition) is 0. The van der Waals surface area contributed by atoms with Crippen molar-refractivity contribution < 1.29 is 17.0 Å². The molecule has 1 aliphatic rings. The molecule has 1 saturated carbocycles. The van der Waals surface area contributed by atoms with Gasteiger partial charge in [-0.3, -0.25) is 4.18 Å². The molecule has 0 heterocycles. The Balaban J connectivity index is 2.41. The van der Waals surface area contributed by atoms with E-state index in [0.717, 1.165) is 19.1 Å². The average Bonchev–Trinajstić information content (AvgIpc) is 2.32. The van der Waals surface area contributed by atoms with Crippen LogP contribution in [0.3, 0.4) is 0 Å². The molecule has 0 N–H and O–H groups in total. The first-order valence-corrected chi connectivity index (χ1v) is 5.76. The van der Waals surface area contributed by atoms with Crippen molar-refractivity contribution in [1.29, 1.82) is 0 Å². The van der Waals surface area contributed by atoms with Crippen LogP contribution in [0.1, 0.15) is 25.7 Å². The minimum Gasteiger partial charge on any atom is -0.267 e. The lowest BCUT2D eigenvalue weighted by atomic mass is 10.1. The summed E-state index contributed by atoms with van der Waals surface area (Å²) in [7, 11) is -3.49. The number of rotatable bonds is 3. The summed E-state index contributed by atoms with van der Waals surface area (Å²) in [5.41, 5.74) is -1.40. The number of halogens is 1. The van der Waals surface area contributed by atoms with Gasteiger partial charge in [-0.05, 0) is 12.8 Å². The first-order chi connectivity index (χ1) is 5.41. The van der Waals surface area contributed by atoms with Gasteiger partial charge in [-0.2, -0.15) is 8.42 Å². The van der Waals surface area contributed by atoms with Crippen LogP contribution in [-0.2, 0) is 14.3 Å². The van der Waals surface area contributed by atoms with Gasteiger partial charge < -0.3 is 0 Å². The molecule has 0 unspecified atom stereocenters. The molecule has 0 bridgehead atoms. The Bertz CT molecular complexity index is 241. The number of alkyl halides is 1. The van der Waals surface area contributed by atoms with Crippen molar-refractivity contribution in [2.45, 2.75) is 31.4 Å². The molecule has 0 saturated heterocycles. The lowest BCUT2D eigenvalue weighted by molar-refractivity contribution is 0.0952. The summed E-state index contributed by atoms with van der Waals surface area (Å²) in [4.78, 5) is 0. The normalized spacial score (nSPS) is 22.8. The fourth-order valence-corrected chi connectivity index (χ4v) is 1.79. The van der Waals surface area contributed by atoms with Crippen LogP contribution < -0.4 is 0 Å². The molecular formula is C7H13FO3S. The van der Waals surface area contributed by atoms with E-state index in [2.05, 4.69) is 4.18 Å². The zero-order valence-corrected chi connectivity index (χ0v) is 7.86. The fourth-order valence-electron chi connectivity index (χ4n) is 1.37. The van der Waals surface area contributed by atoms with Gasteiger partial charge in [-0.1, -0.05) is 12.8 Å². The highest BCUT2D eigenvalue weighted by atomic mass is 32.2. The molecule has 0 aromatic heterocycles. The van der Waals surface area contributed by atoms with Gasteiger partial charge in [0.1, 0.15) is 12.3 Å². The lowest BCUT2D eigenvalue weighted by Gasteiger charge is -2.17. The molecule has 0 aromatic rings. The van der Waals surface area contributed by atoms with E-state index in [1.807, 2.05) is 0 Å². The topological polar surface area (TPSA) is 43.4 Å². The van der Waals surface area contributed by atoms with Crippen LogP contribution in [0, 0.1) is 0 Å². The summed E-state index contributed by atoms with van der Waals surface area (Å²) in [6.45, 7) is -0.314. The molecule has 72 valence electrons. The quantitative estimate of drug-likeness (QED) is 0.638. The van der Waals surface area contributed by atoms with Gasteiger partial charge in [-0.25, -0.2) is 4.39 Å². The van der Waals surface area contributed by atoms with E-state index >= 15 is 0 Å². The molecule has 0 aromatic carbocycles. The summed E-state index contributed by atoms with van der Waals surface area (Å²) in [5.74, 6) is 0. The minimum atomic E-state index is -3.49. The predicted molar refractivity (Wildman–Crippen MR) is 43.1 cm³/mol. The molecule has 5 heteroatoms. The van der Waals surface area contributed by atoms with Crippen molar-refractivity contribution in [2.24, 2.45) is 0 Å². The molecule has 1 aliphatic carbocycles. The van der Waals surface area contributed by atoms with Crippen LogP contribution in [0.25, 0.3) is 0 Å². The lowest BCUT2D eigenvalue weighted by Crippen LogP contribution is -2.26. The number of hydrogen-bond acceptors (Lipinski definition) is 3. The van der Waals surface area contributed by atoms with E-state index in [1.165, 1.54) is 0 Å². The van der Waals surface area contributed by atoms with Crippen molar-refractivity contribution in [2.75, 3.05) is 12.9 Å². The largest absolute Gasteiger partial charge is 0.267 e. The van der Waals surface area contributed by atoms with Gasteiger partial charge in [-0.15, -0.1) is 0 Å². The Morgan fingerprint density at radius 3 is 2.33 bits per heavy atom. The van der Waals surface area contributed by atoms with Crippen LogP contribution in [0.4, 0.5) is 4.39 Å². The summed E-state index contributed by atoms with van der Waals surface area (Å²) < 4.78 is 38.9. The Hall–Kier alpha value is -0.160. The summed E-state index contributed by atoms with van der Waals surface area (Å²) in [6, 6.07) is 0. The highest BCUT2D eigenvalue weighted by Gasteiger charge is 2.34. The maximum absolute atomic E-state index is 13.5. The maximum atomic E-state index is 13.5. The van der Waals surface area contributed by atoms with Crippen molar-refractivity contribution in [3.8, 4) is 0 Å². The molecule has 3 nitrogen and oxygen atoms in total. The van der Waals surface area contributed by atoms with E-state index in [9.17, 15) is 12.8 Å². The van der Waals surface area contributed by atoms with Crippen molar-refractivity contribution in [1.82, 2.24) is 0 Å². The second-order valence-corrected chi connectivity index (χ2v) is 4.97. The molecule has 0 atom stereocenters.